The first-order valence-corrected chi connectivity index (χ1v) is 12.6. The molecule has 0 unspecified atom stereocenters. The van der Waals surface area contributed by atoms with Gasteiger partial charge in [0.1, 0.15) is 12.2 Å². The second-order valence-electron chi connectivity index (χ2n) is 10.2. The lowest BCUT2D eigenvalue weighted by atomic mass is 9.66. The highest BCUT2D eigenvalue weighted by Crippen LogP contribution is 2.45. The molecule has 0 aromatic heterocycles. The predicted octanol–water partition coefficient (Wildman–Crippen LogP) is 4.42. The first kappa shape index (κ1) is 26.4. The molecule has 1 aliphatic heterocycles. The van der Waals surface area contributed by atoms with Gasteiger partial charge in [-0.25, -0.2) is 0 Å². The van der Waals surface area contributed by atoms with Crippen molar-refractivity contribution in [3.8, 4) is 0 Å². The van der Waals surface area contributed by atoms with E-state index < -0.39 is 23.7 Å². The van der Waals surface area contributed by atoms with E-state index in [1.807, 2.05) is 19.1 Å². The van der Waals surface area contributed by atoms with Crippen LogP contribution in [-0.2, 0) is 19.1 Å². The Balaban J connectivity index is 1.80. The van der Waals surface area contributed by atoms with Crippen LogP contribution in [0, 0.1) is 23.2 Å². The molecule has 188 valence electrons. The average Bonchev–Trinajstić information content (AvgIpc) is 2.77. The minimum Gasteiger partial charge on any atom is -0.462 e. The highest BCUT2D eigenvalue weighted by atomic mass is 16.6. The van der Waals surface area contributed by atoms with E-state index in [1.165, 1.54) is 0 Å². The largest absolute Gasteiger partial charge is 0.462 e. The van der Waals surface area contributed by atoms with Crippen molar-refractivity contribution in [3.05, 3.63) is 49.1 Å². The number of esters is 2. The van der Waals surface area contributed by atoms with Gasteiger partial charge in [0.15, 0.2) is 0 Å². The minimum atomic E-state index is -0.701. The van der Waals surface area contributed by atoms with Crippen LogP contribution in [-0.4, -0.2) is 46.6 Å². The Kier molecular flexibility index (Phi) is 8.94. The minimum absolute atomic E-state index is 0.0430. The third-order valence-corrected chi connectivity index (χ3v) is 7.87. The summed E-state index contributed by atoms with van der Waals surface area (Å²) in [5.41, 5.74) is 0.295. The van der Waals surface area contributed by atoms with Crippen molar-refractivity contribution in [3.63, 3.8) is 0 Å². The average molecular weight is 473 g/mol. The van der Waals surface area contributed by atoms with Crippen LogP contribution in [0.4, 0.5) is 0 Å². The SMILES string of the molecule is C=CCC(CC)(CC=C)C(=O)O[C@@H]1C[C@H](O)C=C2C=C[C@H](C)[C@H](CC[C@@H]3C[C@@H](O)CC(=O)O3)[C@H]21. The Morgan fingerprint density at radius 1 is 1.24 bits per heavy atom. The number of fused-ring (bicyclic) bond motifs is 1. The highest BCUT2D eigenvalue weighted by Gasteiger charge is 2.45. The molecule has 0 radical (unpaired) electrons. The molecule has 1 heterocycles. The summed E-state index contributed by atoms with van der Waals surface area (Å²) in [4.78, 5) is 25.2. The molecule has 2 N–H and O–H groups in total. The monoisotopic (exact) mass is 472 g/mol. The first-order chi connectivity index (χ1) is 16.2. The number of hydrogen-bond donors (Lipinski definition) is 2. The highest BCUT2D eigenvalue weighted by molar-refractivity contribution is 5.77. The molecule has 1 saturated heterocycles. The lowest BCUT2D eigenvalue weighted by molar-refractivity contribution is -0.168. The second-order valence-corrected chi connectivity index (χ2v) is 10.2. The molecule has 0 amide bonds. The van der Waals surface area contributed by atoms with E-state index in [4.69, 9.17) is 9.47 Å². The van der Waals surface area contributed by atoms with Crippen LogP contribution in [0.25, 0.3) is 0 Å². The van der Waals surface area contributed by atoms with Crippen molar-refractivity contribution in [2.75, 3.05) is 0 Å². The second kappa shape index (κ2) is 11.5. The van der Waals surface area contributed by atoms with Crippen molar-refractivity contribution in [2.45, 2.75) is 89.6 Å². The van der Waals surface area contributed by atoms with Crippen LogP contribution in [0.1, 0.15) is 65.2 Å². The Labute approximate surface area is 203 Å². The van der Waals surface area contributed by atoms with Crippen molar-refractivity contribution in [2.24, 2.45) is 23.2 Å². The molecule has 6 nitrogen and oxygen atoms in total. The van der Waals surface area contributed by atoms with Gasteiger partial charge in [0.25, 0.3) is 0 Å². The number of ether oxygens (including phenoxy) is 2. The zero-order chi connectivity index (χ0) is 24.9. The number of cyclic esters (lactones) is 1. The number of carbonyl (C=O) groups is 2. The standard InChI is InChI=1S/C28H40O6/c1-5-12-28(7-3,13-6-2)27(32)34-24-16-20(29)14-19-9-8-18(4)23(26(19)24)11-10-22-15-21(30)17-25(31)33-22/h5-6,8-9,14,18,20-24,26,29-30H,1-2,7,10-13,15-17H2,3-4H3/t18-,20+,21+,22+,23-,24+,26-/m0/s1. The fourth-order valence-corrected chi connectivity index (χ4v) is 5.90. The Morgan fingerprint density at radius 3 is 2.56 bits per heavy atom. The number of rotatable bonds is 10. The van der Waals surface area contributed by atoms with Crippen molar-refractivity contribution in [1.29, 1.82) is 0 Å². The number of aliphatic hydroxyl groups excluding tert-OH is 2. The maximum Gasteiger partial charge on any atom is 0.312 e. The molecule has 6 heteroatoms. The van der Waals surface area contributed by atoms with Crippen molar-refractivity contribution >= 4 is 11.9 Å². The number of hydrogen-bond acceptors (Lipinski definition) is 6. The molecule has 0 aromatic carbocycles. The molecule has 1 fully saturated rings. The topological polar surface area (TPSA) is 93.1 Å². The van der Waals surface area contributed by atoms with Crippen LogP contribution >= 0.6 is 0 Å². The fraction of sp³-hybridized carbons (Fsp3) is 0.643. The lowest BCUT2D eigenvalue weighted by Crippen LogP contribution is -2.45. The first-order valence-electron chi connectivity index (χ1n) is 12.6. The summed E-state index contributed by atoms with van der Waals surface area (Å²) in [6.07, 6.45) is 11.4. The Bertz CT molecular complexity index is 817. The Morgan fingerprint density at radius 2 is 1.94 bits per heavy atom. The van der Waals surface area contributed by atoms with Gasteiger partial charge in [-0.3, -0.25) is 9.59 Å². The van der Waals surface area contributed by atoms with Crippen molar-refractivity contribution in [1.82, 2.24) is 0 Å². The summed E-state index contributed by atoms with van der Waals surface area (Å²) in [6, 6.07) is 0. The Hall–Kier alpha value is -2.18. The maximum atomic E-state index is 13.5. The predicted molar refractivity (Wildman–Crippen MR) is 131 cm³/mol. The van der Waals surface area contributed by atoms with Gasteiger partial charge in [-0.2, -0.15) is 0 Å². The van der Waals surface area contributed by atoms with Gasteiger partial charge < -0.3 is 19.7 Å². The van der Waals surface area contributed by atoms with Gasteiger partial charge in [0.2, 0.25) is 0 Å². The van der Waals surface area contributed by atoms with E-state index in [1.54, 1.807) is 12.2 Å². The zero-order valence-electron chi connectivity index (χ0n) is 20.5. The van der Waals surface area contributed by atoms with Gasteiger partial charge in [0.05, 0.1) is 24.0 Å². The zero-order valence-corrected chi connectivity index (χ0v) is 20.5. The summed E-state index contributed by atoms with van der Waals surface area (Å²) in [5.74, 6) is -0.264. The molecule has 3 rings (SSSR count). The molecule has 2 aliphatic carbocycles. The van der Waals surface area contributed by atoms with E-state index >= 15 is 0 Å². The fourth-order valence-electron chi connectivity index (χ4n) is 5.90. The molecule has 0 aromatic rings. The summed E-state index contributed by atoms with van der Waals surface area (Å²) in [6.45, 7) is 11.8. The molecular weight excluding hydrogens is 432 g/mol. The van der Waals surface area contributed by atoms with E-state index in [-0.39, 0.29) is 42.2 Å². The molecule has 7 atom stereocenters. The molecule has 34 heavy (non-hydrogen) atoms. The van der Waals surface area contributed by atoms with Crippen molar-refractivity contribution < 1.29 is 29.3 Å². The van der Waals surface area contributed by atoms with Crippen LogP contribution in [0.2, 0.25) is 0 Å². The molecular formula is C28H40O6. The summed E-state index contributed by atoms with van der Waals surface area (Å²) < 4.78 is 11.7. The van der Waals surface area contributed by atoms with E-state index in [2.05, 4.69) is 26.2 Å². The van der Waals surface area contributed by atoms with Crippen LogP contribution in [0.15, 0.2) is 49.1 Å². The van der Waals surface area contributed by atoms with Crippen LogP contribution < -0.4 is 0 Å². The van der Waals surface area contributed by atoms with E-state index in [9.17, 15) is 19.8 Å². The van der Waals surface area contributed by atoms with Gasteiger partial charge in [-0.1, -0.05) is 44.2 Å². The van der Waals surface area contributed by atoms with Gasteiger partial charge in [-0.15, -0.1) is 13.2 Å². The van der Waals surface area contributed by atoms with Gasteiger partial charge in [0, 0.05) is 18.8 Å². The summed E-state index contributed by atoms with van der Waals surface area (Å²) in [7, 11) is 0. The smallest absolute Gasteiger partial charge is 0.312 e. The van der Waals surface area contributed by atoms with Gasteiger partial charge >= 0.3 is 11.9 Å². The number of aliphatic hydroxyl groups is 2. The van der Waals surface area contributed by atoms with Gasteiger partial charge in [-0.05, 0) is 49.5 Å². The third kappa shape index (κ3) is 5.89. The van der Waals surface area contributed by atoms with Crippen LogP contribution in [0.5, 0.6) is 0 Å². The summed E-state index contributed by atoms with van der Waals surface area (Å²) in [5, 5.41) is 20.5. The number of carbonyl (C=O) groups excluding carboxylic acids is 2. The quantitative estimate of drug-likeness (QED) is 0.361. The molecule has 0 spiro atoms. The van der Waals surface area contributed by atoms with E-state index in [0.717, 1.165) is 12.0 Å². The number of allylic oxidation sites excluding steroid dienone is 4. The summed E-state index contributed by atoms with van der Waals surface area (Å²) >= 11 is 0. The lowest BCUT2D eigenvalue weighted by Gasteiger charge is -2.44. The molecule has 3 aliphatic rings. The normalized spacial score (nSPS) is 33.4. The molecule has 0 bridgehead atoms. The van der Waals surface area contributed by atoms with E-state index in [0.29, 0.717) is 38.5 Å². The van der Waals surface area contributed by atoms with Crippen LogP contribution in [0.3, 0.4) is 0 Å². The maximum absolute atomic E-state index is 13.5. The molecule has 0 saturated carbocycles. The third-order valence-electron chi connectivity index (χ3n) is 7.87.